The van der Waals surface area contributed by atoms with E-state index in [1.807, 2.05) is 42.5 Å². The first-order valence-corrected chi connectivity index (χ1v) is 10.7. The highest BCUT2D eigenvalue weighted by atomic mass is 16.5. The highest BCUT2D eigenvalue weighted by Crippen LogP contribution is 2.41. The molecule has 2 unspecified atom stereocenters. The smallest absolute Gasteiger partial charge is 0.254 e. The third kappa shape index (κ3) is 4.32. The number of amides is 1. The Balaban J connectivity index is 1.51. The van der Waals surface area contributed by atoms with Gasteiger partial charge in [-0.1, -0.05) is 42.5 Å². The Kier molecular flexibility index (Phi) is 6.16. The van der Waals surface area contributed by atoms with Crippen molar-refractivity contribution in [3.63, 3.8) is 0 Å². The van der Waals surface area contributed by atoms with E-state index in [0.717, 1.165) is 24.0 Å². The lowest BCUT2D eigenvalue weighted by atomic mass is 10.0. The summed E-state index contributed by atoms with van der Waals surface area (Å²) in [6, 6.07) is 15.1. The van der Waals surface area contributed by atoms with Crippen molar-refractivity contribution >= 4 is 11.7 Å². The largest absolute Gasteiger partial charge is 0.496 e. The van der Waals surface area contributed by atoms with E-state index in [4.69, 9.17) is 16.2 Å². The lowest BCUT2D eigenvalue weighted by Gasteiger charge is -2.16. The van der Waals surface area contributed by atoms with E-state index in [1.165, 1.54) is 0 Å². The monoisotopic (exact) mass is 435 g/mol. The summed E-state index contributed by atoms with van der Waals surface area (Å²) >= 11 is 0. The van der Waals surface area contributed by atoms with Crippen molar-refractivity contribution in [1.29, 1.82) is 0 Å². The van der Waals surface area contributed by atoms with Crippen LogP contribution in [0, 0.1) is 5.92 Å². The van der Waals surface area contributed by atoms with Crippen LogP contribution in [0.4, 0.5) is 5.82 Å². The van der Waals surface area contributed by atoms with Gasteiger partial charge in [0.1, 0.15) is 29.1 Å². The van der Waals surface area contributed by atoms with Gasteiger partial charge < -0.3 is 21.3 Å². The molecule has 0 radical (unpaired) electrons. The number of primary amides is 1. The summed E-state index contributed by atoms with van der Waals surface area (Å²) in [5.74, 6) is 0.888. The Morgan fingerprint density at radius 1 is 1.25 bits per heavy atom. The maximum absolute atomic E-state index is 12.1. The van der Waals surface area contributed by atoms with Crippen LogP contribution >= 0.6 is 0 Å². The van der Waals surface area contributed by atoms with Crippen LogP contribution in [0.15, 0.2) is 48.5 Å². The van der Waals surface area contributed by atoms with Crippen LogP contribution in [0.25, 0.3) is 11.3 Å². The van der Waals surface area contributed by atoms with Gasteiger partial charge in [0.05, 0.1) is 13.2 Å². The number of nitrogens with zero attached hydrogens (tertiary/aromatic N) is 2. The Bertz CT molecular complexity index is 1110. The second-order valence-corrected chi connectivity index (χ2v) is 8.22. The first-order chi connectivity index (χ1) is 15.4. The Labute approximate surface area is 187 Å². The van der Waals surface area contributed by atoms with Gasteiger partial charge in [-0.15, -0.1) is 0 Å². The van der Waals surface area contributed by atoms with Crippen LogP contribution in [0.5, 0.6) is 5.75 Å². The Morgan fingerprint density at radius 3 is 2.56 bits per heavy atom. The Morgan fingerprint density at radius 2 is 1.94 bits per heavy atom. The number of nitrogens with one attached hydrogen (secondary N) is 1. The number of para-hydroxylation sites is 1. The van der Waals surface area contributed by atoms with Crippen molar-refractivity contribution in [2.45, 2.75) is 38.6 Å². The molecule has 3 aromatic rings. The third-order valence-corrected chi connectivity index (χ3v) is 6.04. The van der Waals surface area contributed by atoms with Crippen molar-refractivity contribution in [2.75, 3.05) is 12.8 Å². The summed E-state index contributed by atoms with van der Waals surface area (Å²) in [6.45, 7) is 2.51. The maximum atomic E-state index is 12.1. The van der Waals surface area contributed by atoms with Crippen molar-refractivity contribution in [3.05, 3.63) is 65.2 Å². The summed E-state index contributed by atoms with van der Waals surface area (Å²) in [6.07, 6.45) is 1.42. The van der Waals surface area contributed by atoms with Gasteiger partial charge in [-0.2, -0.15) is 5.10 Å². The van der Waals surface area contributed by atoms with Gasteiger partial charge in [0.15, 0.2) is 0 Å². The Hall–Kier alpha value is -3.36. The molecule has 1 fully saturated rings. The number of anilines is 1. The second-order valence-electron chi connectivity index (χ2n) is 8.22. The normalized spacial score (nSPS) is 15.3. The molecule has 2 atom stereocenters. The summed E-state index contributed by atoms with van der Waals surface area (Å²) < 4.78 is 7.03. The van der Waals surface area contributed by atoms with Gasteiger partial charge in [-0.05, 0) is 37.3 Å². The molecule has 4 rings (SSSR count). The van der Waals surface area contributed by atoms with E-state index in [9.17, 15) is 9.90 Å². The number of hydrogen-bond acceptors (Lipinski definition) is 6. The van der Waals surface area contributed by atoms with Crippen molar-refractivity contribution in [3.8, 4) is 17.0 Å². The molecule has 6 N–H and O–H groups in total. The first-order valence-electron chi connectivity index (χ1n) is 10.7. The minimum absolute atomic E-state index is 0.127. The number of hydrogen-bond donors (Lipinski definition) is 4. The third-order valence-electron chi connectivity index (χ3n) is 6.04. The average molecular weight is 436 g/mol. The second kappa shape index (κ2) is 9.02. The molecular formula is C24H29N5O3. The number of nitrogens with two attached hydrogens (primary N) is 2. The molecule has 0 saturated heterocycles. The molecular weight excluding hydrogens is 406 g/mol. The molecule has 0 aliphatic heterocycles. The molecule has 1 aliphatic rings. The van der Waals surface area contributed by atoms with Gasteiger partial charge in [0.25, 0.3) is 5.91 Å². The summed E-state index contributed by atoms with van der Waals surface area (Å²) in [5, 5.41) is 18.2. The van der Waals surface area contributed by atoms with E-state index in [1.54, 1.807) is 17.9 Å². The zero-order valence-electron chi connectivity index (χ0n) is 18.3. The standard InChI is InChI=1S/C24H29N5O3/c1-14(16-11-12-16)29-22(25)20(23(26)30)21(28-29)17-9-7-15(8-10-17)13-27-24(31)18-5-3-4-6-19(18)32-2/h3-10,14,16,24,27,31H,11-13,25H2,1-2H3,(H2,26,30). The predicted molar refractivity (Wildman–Crippen MR) is 123 cm³/mol. The van der Waals surface area contributed by atoms with Crippen molar-refractivity contribution in [2.24, 2.45) is 11.7 Å². The molecule has 1 amide bonds. The molecule has 8 heteroatoms. The summed E-state index contributed by atoms with van der Waals surface area (Å²) in [5.41, 5.74) is 15.0. The number of aliphatic hydroxyl groups excluding tert-OH is 1. The van der Waals surface area contributed by atoms with Gasteiger partial charge in [0, 0.05) is 17.7 Å². The number of rotatable bonds is 9. The average Bonchev–Trinajstić information content (AvgIpc) is 3.59. The molecule has 1 saturated carbocycles. The fourth-order valence-electron chi connectivity index (χ4n) is 3.98. The number of methoxy groups -OCH3 is 1. The van der Waals surface area contributed by atoms with Crippen LogP contribution < -0.4 is 21.5 Å². The molecule has 8 nitrogen and oxygen atoms in total. The van der Waals surface area contributed by atoms with Gasteiger partial charge in [0.2, 0.25) is 0 Å². The van der Waals surface area contributed by atoms with Gasteiger partial charge in [-0.3, -0.25) is 10.1 Å². The van der Waals surface area contributed by atoms with Gasteiger partial charge >= 0.3 is 0 Å². The zero-order valence-corrected chi connectivity index (χ0v) is 18.3. The molecule has 0 spiro atoms. The number of carbonyl (C=O) groups excluding carboxylic acids is 1. The van der Waals surface area contributed by atoms with E-state index in [-0.39, 0.29) is 11.6 Å². The molecule has 1 aliphatic carbocycles. The number of carbonyl (C=O) groups is 1. The zero-order chi connectivity index (χ0) is 22.8. The molecule has 168 valence electrons. The van der Waals surface area contributed by atoms with Crippen molar-refractivity contribution in [1.82, 2.24) is 15.1 Å². The van der Waals surface area contributed by atoms with E-state index in [0.29, 0.717) is 35.3 Å². The van der Waals surface area contributed by atoms with E-state index >= 15 is 0 Å². The molecule has 32 heavy (non-hydrogen) atoms. The number of benzene rings is 2. The van der Waals surface area contributed by atoms with Crippen LogP contribution in [-0.2, 0) is 6.54 Å². The fourth-order valence-corrected chi connectivity index (χ4v) is 3.98. The van der Waals surface area contributed by atoms with Crippen LogP contribution in [-0.4, -0.2) is 27.9 Å². The SMILES string of the molecule is COc1ccccc1C(O)NCc1ccc(-c2nn(C(C)C3CC3)c(N)c2C(N)=O)cc1. The van der Waals surface area contributed by atoms with Gasteiger partial charge in [-0.25, -0.2) is 4.68 Å². The molecule has 1 heterocycles. The fraction of sp³-hybridized carbons (Fsp3) is 0.333. The molecule has 2 aromatic carbocycles. The summed E-state index contributed by atoms with van der Waals surface area (Å²) in [7, 11) is 1.57. The summed E-state index contributed by atoms with van der Waals surface area (Å²) in [4.78, 5) is 12.1. The number of ether oxygens (including phenoxy) is 1. The van der Waals surface area contributed by atoms with Crippen molar-refractivity contribution < 1.29 is 14.6 Å². The molecule has 0 bridgehead atoms. The van der Waals surface area contributed by atoms with Crippen LogP contribution in [0.1, 0.15) is 53.5 Å². The van der Waals surface area contributed by atoms with Crippen LogP contribution in [0.3, 0.4) is 0 Å². The van der Waals surface area contributed by atoms with E-state index < -0.39 is 12.1 Å². The number of aliphatic hydroxyl groups is 1. The van der Waals surface area contributed by atoms with E-state index in [2.05, 4.69) is 17.3 Å². The topological polar surface area (TPSA) is 128 Å². The maximum Gasteiger partial charge on any atom is 0.254 e. The highest BCUT2D eigenvalue weighted by Gasteiger charge is 2.33. The highest BCUT2D eigenvalue weighted by molar-refractivity contribution is 6.03. The minimum atomic E-state index is -0.869. The quantitative estimate of drug-likeness (QED) is 0.383. The minimum Gasteiger partial charge on any atom is -0.496 e. The number of aromatic nitrogens is 2. The first kappa shape index (κ1) is 21.9. The predicted octanol–water partition coefficient (Wildman–Crippen LogP) is 2.99. The molecule has 1 aromatic heterocycles. The lowest BCUT2D eigenvalue weighted by molar-refractivity contribution is 0.100. The number of nitrogen functional groups attached to an aromatic ring is 1. The van der Waals surface area contributed by atoms with Crippen LogP contribution in [0.2, 0.25) is 0 Å². The lowest BCUT2D eigenvalue weighted by Crippen LogP contribution is -2.20.